The molecule has 0 amide bonds. The zero-order valence-electron chi connectivity index (χ0n) is 14.3. The van der Waals surface area contributed by atoms with Crippen LogP contribution in [0.25, 0.3) is 11.0 Å². The predicted octanol–water partition coefficient (Wildman–Crippen LogP) is 3.57. The van der Waals surface area contributed by atoms with Crippen molar-refractivity contribution in [2.45, 2.75) is 12.0 Å². The van der Waals surface area contributed by atoms with Crippen LogP contribution in [0.5, 0.6) is 23.0 Å². The predicted molar refractivity (Wildman–Crippen MR) is 92.7 cm³/mol. The Balaban J connectivity index is 1.67. The summed E-state index contributed by atoms with van der Waals surface area (Å²) >= 11 is 0. The van der Waals surface area contributed by atoms with Crippen LogP contribution in [0, 0.1) is 0 Å². The third-order valence-electron chi connectivity index (χ3n) is 5.03. The molecule has 6 nitrogen and oxygen atoms in total. The van der Waals surface area contributed by atoms with Gasteiger partial charge >= 0.3 is 0 Å². The highest BCUT2D eigenvalue weighted by atomic mass is 16.5. The van der Waals surface area contributed by atoms with Crippen molar-refractivity contribution in [3.63, 3.8) is 0 Å². The highest BCUT2D eigenvalue weighted by Gasteiger charge is 2.44. The minimum atomic E-state index is -0.449. The number of hydrogen-bond donors (Lipinski definition) is 0. The topological polar surface area (TPSA) is 67.1 Å². The van der Waals surface area contributed by atoms with Gasteiger partial charge in [0.25, 0.3) is 0 Å². The van der Waals surface area contributed by atoms with E-state index in [1.165, 1.54) is 0 Å². The van der Waals surface area contributed by atoms with Crippen molar-refractivity contribution in [2.24, 2.45) is 0 Å². The van der Waals surface area contributed by atoms with Gasteiger partial charge in [-0.3, -0.25) is 4.79 Å². The maximum Gasteiger partial charge on any atom is 0.178 e. The quantitative estimate of drug-likeness (QED) is 0.702. The molecule has 0 radical (unpaired) electrons. The molecule has 6 heteroatoms. The summed E-state index contributed by atoms with van der Waals surface area (Å²) < 4.78 is 28.2. The summed E-state index contributed by atoms with van der Waals surface area (Å²) in [6.45, 7) is 0.284. The van der Waals surface area contributed by atoms with E-state index in [9.17, 15) is 4.79 Å². The lowest BCUT2D eigenvalue weighted by molar-refractivity contribution is 0.0566. The van der Waals surface area contributed by atoms with E-state index in [4.69, 9.17) is 23.4 Å². The number of furan rings is 1. The van der Waals surface area contributed by atoms with E-state index in [1.807, 2.05) is 6.07 Å². The van der Waals surface area contributed by atoms with Crippen LogP contribution in [0.2, 0.25) is 0 Å². The molecule has 0 N–H and O–H groups in total. The summed E-state index contributed by atoms with van der Waals surface area (Å²) in [5.74, 6) is 1.86. The first kappa shape index (κ1) is 15.1. The van der Waals surface area contributed by atoms with Crippen molar-refractivity contribution in [1.82, 2.24) is 0 Å². The van der Waals surface area contributed by atoms with Crippen LogP contribution in [0.1, 0.15) is 21.8 Å². The second-order valence-corrected chi connectivity index (χ2v) is 6.33. The number of Topliss-reactive ketones (excluding diaryl/α,β-unsaturated/α-hetero) is 1. The molecule has 1 aromatic heterocycles. The number of carbonyl (C=O) groups excluding carboxylic acids is 1. The van der Waals surface area contributed by atoms with E-state index in [0.717, 1.165) is 10.9 Å². The molecular weight excluding hydrogens is 336 g/mol. The Hall–Kier alpha value is -3.15. The molecule has 0 aliphatic carbocycles. The molecular formula is C20H16O6. The zero-order valence-corrected chi connectivity index (χ0v) is 14.3. The minimum absolute atomic E-state index is 0.0103. The average Bonchev–Trinajstić information content (AvgIpc) is 3.15. The summed E-state index contributed by atoms with van der Waals surface area (Å²) in [5.41, 5.74) is 2.00. The van der Waals surface area contributed by atoms with Crippen LogP contribution in [-0.4, -0.2) is 32.7 Å². The molecule has 132 valence electrons. The van der Waals surface area contributed by atoms with Gasteiger partial charge in [0, 0.05) is 11.6 Å². The Morgan fingerprint density at radius 1 is 1.08 bits per heavy atom. The number of rotatable bonds is 2. The van der Waals surface area contributed by atoms with Crippen LogP contribution in [0.15, 0.2) is 41.0 Å². The fourth-order valence-corrected chi connectivity index (χ4v) is 3.78. The van der Waals surface area contributed by atoms with Gasteiger partial charge < -0.3 is 23.4 Å². The van der Waals surface area contributed by atoms with Crippen molar-refractivity contribution in [3.05, 3.63) is 47.7 Å². The lowest BCUT2D eigenvalue weighted by Crippen LogP contribution is -2.43. The van der Waals surface area contributed by atoms with Crippen molar-refractivity contribution < 1.29 is 28.2 Å². The summed E-state index contributed by atoms with van der Waals surface area (Å²) in [4.78, 5) is 13.3. The number of benzene rings is 2. The lowest BCUT2D eigenvalue weighted by atomic mass is 9.81. The second-order valence-electron chi connectivity index (χ2n) is 6.33. The Morgan fingerprint density at radius 3 is 2.69 bits per heavy atom. The molecule has 3 heterocycles. The van der Waals surface area contributed by atoms with E-state index < -0.39 is 12.0 Å². The summed E-state index contributed by atoms with van der Waals surface area (Å²) in [6, 6.07) is 8.92. The van der Waals surface area contributed by atoms with Gasteiger partial charge in [0.2, 0.25) is 0 Å². The Labute approximate surface area is 149 Å². The highest BCUT2D eigenvalue weighted by molar-refractivity contribution is 6.09. The monoisotopic (exact) mass is 352 g/mol. The average molecular weight is 352 g/mol. The summed E-state index contributed by atoms with van der Waals surface area (Å²) in [5, 5.41) is 0.799. The van der Waals surface area contributed by atoms with Gasteiger partial charge in [0.15, 0.2) is 17.3 Å². The molecule has 3 aromatic rings. The molecule has 0 spiro atoms. The summed E-state index contributed by atoms with van der Waals surface area (Å²) in [7, 11) is 3.13. The standard InChI is InChI=1S/C20H16O6/c1-22-15-7-12-14(8-16(15)23-2)25-9-17-18(12)19(21)11-3-4-13-10(5-6-24-13)20(11)26-17/h3-8,17-18H,9H2,1-2H3/t17-,18+/m0/s1. The first-order valence-corrected chi connectivity index (χ1v) is 8.31. The first-order valence-electron chi connectivity index (χ1n) is 8.31. The number of methoxy groups -OCH3 is 2. The molecule has 2 aliphatic rings. The van der Waals surface area contributed by atoms with E-state index >= 15 is 0 Å². The molecule has 26 heavy (non-hydrogen) atoms. The number of ether oxygens (including phenoxy) is 4. The maximum absolute atomic E-state index is 13.3. The third-order valence-corrected chi connectivity index (χ3v) is 5.03. The normalized spacial score (nSPS) is 20.5. The van der Waals surface area contributed by atoms with Crippen molar-refractivity contribution in [1.29, 1.82) is 0 Å². The van der Waals surface area contributed by atoms with Crippen molar-refractivity contribution in [3.8, 4) is 23.0 Å². The highest BCUT2D eigenvalue weighted by Crippen LogP contribution is 2.48. The van der Waals surface area contributed by atoms with Crippen LogP contribution in [0.3, 0.4) is 0 Å². The Morgan fingerprint density at radius 2 is 1.88 bits per heavy atom. The number of carbonyl (C=O) groups is 1. The van der Waals surface area contributed by atoms with Crippen LogP contribution < -0.4 is 18.9 Å². The van der Waals surface area contributed by atoms with Crippen molar-refractivity contribution in [2.75, 3.05) is 20.8 Å². The largest absolute Gasteiger partial charge is 0.493 e. The van der Waals surface area contributed by atoms with Crippen LogP contribution >= 0.6 is 0 Å². The molecule has 2 aromatic carbocycles. The molecule has 2 aliphatic heterocycles. The number of ketones is 1. The molecule has 0 saturated heterocycles. The smallest absolute Gasteiger partial charge is 0.178 e. The van der Waals surface area contributed by atoms with Gasteiger partial charge in [0.1, 0.15) is 29.8 Å². The van der Waals surface area contributed by atoms with Gasteiger partial charge in [-0.1, -0.05) is 0 Å². The molecule has 2 atom stereocenters. The molecule has 0 saturated carbocycles. The van der Waals surface area contributed by atoms with Crippen LogP contribution in [-0.2, 0) is 0 Å². The Bertz CT molecular complexity index is 1030. The maximum atomic E-state index is 13.3. The Kier molecular flexibility index (Phi) is 3.16. The van der Waals surface area contributed by atoms with E-state index in [0.29, 0.717) is 34.1 Å². The minimum Gasteiger partial charge on any atom is -0.493 e. The summed E-state index contributed by atoms with van der Waals surface area (Å²) in [6.07, 6.45) is 1.19. The third kappa shape index (κ3) is 1.95. The van der Waals surface area contributed by atoms with Gasteiger partial charge in [0.05, 0.1) is 37.4 Å². The van der Waals surface area contributed by atoms with E-state index in [-0.39, 0.29) is 12.4 Å². The van der Waals surface area contributed by atoms with Gasteiger partial charge in [-0.2, -0.15) is 0 Å². The molecule has 0 bridgehead atoms. The van der Waals surface area contributed by atoms with Gasteiger partial charge in [-0.15, -0.1) is 0 Å². The SMILES string of the molecule is COc1cc2c(cc1OC)[C@H]1C(=O)c3ccc4occc4c3O[C@H]1CO2. The van der Waals surface area contributed by atoms with Gasteiger partial charge in [-0.25, -0.2) is 0 Å². The number of hydrogen-bond acceptors (Lipinski definition) is 6. The molecule has 5 rings (SSSR count). The van der Waals surface area contributed by atoms with Crippen LogP contribution in [0.4, 0.5) is 0 Å². The second kappa shape index (κ2) is 5.42. The fraction of sp³-hybridized carbons (Fsp3) is 0.250. The first-order chi connectivity index (χ1) is 12.7. The fourth-order valence-electron chi connectivity index (χ4n) is 3.78. The molecule has 0 unspecified atom stereocenters. The lowest BCUT2D eigenvalue weighted by Gasteiger charge is -2.37. The number of fused-ring (bicyclic) bond motifs is 6. The molecule has 0 fully saturated rings. The van der Waals surface area contributed by atoms with Gasteiger partial charge in [-0.05, 0) is 24.3 Å². The van der Waals surface area contributed by atoms with Crippen molar-refractivity contribution >= 4 is 16.8 Å². The zero-order chi connectivity index (χ0) is 17.8. The van der Waals surface area contributed by atoms with E-state index in [1.54, 1.807) is 44.7 Å². The van der Waals surface area contributed by atoms with E-state index in [2.05, 4.69) is 0 Å².